The van der Waals surface area contributed by atoms with Gasteiger partial charge in [0.15, 0.2) is 11.3 Å². The van der Waals surface area contributed by atoms with Gasteiger partial charge in [-0.15, -0.1) is 0 Å². The molecule has 0 aromatic carbocycles. The lowest BCUT2D eigenvalue weighted by Gasteiger charge is -2.32. The molecule has 0 saturated carbocycles. The van der Waals surface area contributed by atoms with Gasteiger partial charge in [-0.3, -0.25) is 14.2 Å². The Labute approximate surface area is 211 Å². The Morgan fingerprint density at radius 1 is 1.08 bits per heavy atom. The number of amides is 1. The van der Waals surface area contributed by atoms with Crippen LogP contribution < -0.4 is 10.9 Å². The van der Waals surface area contributed by atoms with Crippen molar-refractivity contribution < 1.29 is 31.1 Å². The van der Waals surface area contributed by atoms with Crippen molar-refractivity contribution in [2.24, 2.45) is 13.0 Å². The third-order valence-corrected chi connectivity index (χ3v) is 6.54. The SMILES string of the molecule is Cc1nc2nc(C(F)(F)F)c(C(C)Nc3ncc(C(=O)N4CCC(C(F)(F)F)CC4)cn3)cc2c(=O)n1C. The molecule has 3 aromatic heterocycles. The van der Waals surface area contributed by atoms with Crippen molar-refractivity contribution in [3.63, 3.8) is 0 Å². The lowest BCUT2D eigenvalue weighted by Crippen LogP contribution is -2.42. The molecule has 1 amide bonds. The van der Waals surface area contributed by atoms with Crippen LogP contribution in [0.3, 0.4) is 0 Å². The fraction of sp³-hybridized carbons (Fsp3) is 0.478. The Bertz CT molecular complexity index is 1410. The van der Waals surface area contributed by atoms with Crippen LogP contribution in [0.15, 0.2) is 23.3 Å². The number of aryl methyl sites for hydroxylation is 1. The maximum absolute atomic E-state index is 13.8. The number of aromatic nitrogens is 5. The first-order valence-electron chi connectivity index (χ1n) is 11.6. The highest BCUT2D eigenvalue weighted by Crippen LogP contribution is 2.36. The Morgan fingerprint density at radius 2 is 1.68 bits per heavy atom. The third-order valence-electron chi connectivity index (χ3n) is 6.54. The summed E-state index contributed by atoms with van der Waals surface area (Å²) in [6.45, 7) is 2.74. The van der Waals surface area contributed by atoms with Gasteiger partial charge in [-0.2, -0.15) is 26.3 Å². The number of fused-ring (bicyclic) bond motifs is 1. The molecule has 1 aliphatic heterocycles. The standard InChI is InChI=1S/C23H23F6N7O2/c1-11(15-8-16-18(34-17(15)23(27,28)29)33-12(2)35(3)20(16)38)32-21-30-9-13(10-31-21)19(37)36-6-4-14(5-7-36)22(24,25)26/h8-11,14H,4-7H2,1-3H3,(H,30,31,32). The van der Waals surface area contributed by atoms with Crippen molar-refractivity contribution in [3.8, 4) is 0 Å². The summed E-state index contributed by atoms with van der Waals surface area (Å²) in [6, 6.07) is 0.0255. The largest absolute Gasteiger partial charge is 0.433 e. The third kappa shape index (κ3) is 5.41. The Hall–Kier alpha value is -3.78. The van der Waals surface area contributed by atoms with Gasteiger partial charge in [0.1, 0.15) is 5.82 Å². The first-order valence-corrected chi connectivity index (χ1v) is 11.6. The van der Waals surface area contributed by atoms with E-state index in [4.69, 9.17) is 0 Å². The number of nitrogens with zero attached hydrogens (tertiary/aromatic N) is 6. The number of pyridine rings is 1. The van der Waals surface area contributed by atoms with Crippen LogP contribution in [0.25, 0.3) is 11.0 Å². The van der Waals surface area contributed by atoms with E-state index in [0.29, 0.717) is 0 Å². The van der Waals surface area contributed by atoms with Gasteiger partial charge in [-0.25, -0.2) is 19.9 Å². The van der Waals surface area contributed by atoms with E-state index in [1.54, 1.807) is 0 Å². The van der Waals surface area contributed by atoms with Gasteiger partial charge in [-0.1, -0.05) is 0 Å². The van der Waals surface area contributed by atoms with E-state index < -0.39 is 41.5 Å². The molecule has 9 nitrogen and oxygen atoms in total. The number of anilines is 1. The summed E-state index contributed by atoms with van der Waals surface area (Å²) in [4.78, 5) is 42.1. The number of hydrogen-bond donors (Lipinski definition) is 1. The van der Waals surface area contributed by atoms with Crippen molar-refractivity contribution in [2.45, 2.75) is 45.1 Å². The number of carbonyl (C=O) groups excluding carboxylic acids is 1. The van der Waals surface area contributed by atoms with Gasteiger partial charge in [-0.05, 0) is 32.8 Å². The van der Waals surface area contributed by atoms with Crippen molar-refractivity contribution in [2.75, 3.05) is 18.4 Å². The van der Waals surface area contributed by atoms with E-state index in [9.17, 15) is 35.9 Å². The molecule has 1 saturated heterocycles. The first-order chi connectivity index (χ1) is 17.7. The average molecular weight is 543 g/mol. The van der Waals surface area contributed by atoms with Crippen LogP contribution in [0.4, 0.5) is 32.3 Å². The van der Waals surface area contributed by atoms with Crippen LogP contribution in [0.5, 0.6) is 0 Å². The zero-order valence-electron chi connectivity index (χ0n) is 20.5. The first kappa shape index (κ1) is 27.3. The zero-order chi connectivity index (χ0) is 28.0. The fourth-order valence-electron chi connectivity index (χ4n) is 4.25. The van der Waals surface area contributed by atoms with Gasteiger partial charge in [0.25, 0.3) is 11.5 Å². The van der Waals surface area contributed by atoms with Crippen molar-refractivity contribution in [1.29, 1.82) is 0 Å². The summed E-state index contributed by atoms with van der Waals surface area (Å²) >= 11 is 0. The summed E-state index contributed by atoms with van der Waals surface area (Å²) in [7, 11) is 1.44. The molecule has 1 N–H and O–H groups in total. The lowest BCUT2D eigenvalue weighted by atomic mass is 9.96. The van der Waals surface area contributed by atoms with Crippen LogP contribution in [-0.2, 0) is 13.2 Å². The molecule has 0 radical (unpaired) electrons. The van der Waals surface area contributed by atoms with Gasteiger partial charge in [0.2, 0.25) is 5.95 Å². The molecule has 0 bridgehead atoms. The van der Waals surface area contributed by atoms with Gasteiger partial charge >= 0.3 is 12.4 Å². The van der Waals surface area contributed by atoms with Crippen LogP contribution in [0, 0.1) is 12.8 Å². The van der Waals surface area contributed by atoms with E-state index in [0.717, 1.165) is 18.5 Å². The molecule has 204 valence electrons. The quantitative estimate of drug-likeness (QED) is 0.496. The summed E-state index contributed by atoms with van der Waals surface area (Å²) in [5.41, 5.74) is -2.40. The van der Waals surface area contributed by atoms with E-state index in [1.807, 2.05) is 0 Å². The fourth-order valence-corrected chi connectivity index (χ4v) is 4.25. The molecule has 1 fully saturated rings. The number of likely N-dealkylation sites (tertiary alicyclic amines) is 1. The van der Waals surface area contributed by atoms with E-state index >= 15 is 0 Å². The van der Waals surface area contributed by atoms with Crippen molar-refractivity contribution in [3.05, 3.63) is 51.5 Å². The highest BCUT2D eigenvalue weighted by atomic mass is 19.4. The summed E-state index contributed by atoms with van der Waals surface area (Å²) < 4.78 is 81.3. The molecule has 1 atom stereocenters. The Balaban J connectivity index is 1.54. The molecule has 1 aliphatic rings. The predicted octanol–water partition coefficient (Wildman–Crippen LogP) is 4.03. The zero-order valence-corrected chi connectivity index (χ0v) is 20.5. The molecule has 4 rings (SSSR count). The second-order valence-electron chi connectivity index (χ2n) is 9.09. The topological polar surface area (TPSA) is 106 Å². The minimum atomic E-state index is -4.84. The molecule has 0 spiro atoms. The second-order valence-corrected chi connectivity index (χ2v) is 9.09. The molecule has 1 unspecified atom stereocenters. The molecule has 0 aliphatic carbocycles. The van der Waals surface area contributed by atoms with Gasteiger partial charge < -0.3 is 10.2 Å². The van der Waals surface area contributed by atoms with E-state index in [-0.39, 0.29) is 59.9 Å². The predicted molar refractivity (Wildman–Crippen MR) is 123 cm³/mol. The molecule has 38 heavy (non-hydrogen) atoms. The number of carbonyl (C=O) groups is 1. The van der Waals surface area contributed by atoms with Crippen LogP contribution in [-0.4, -0.2) is 54.6 Å². The van der Waals surface area contributed by atoms with Gasteiger partial charge in [0.05, 0.1) is 22.9 Å². The van der Waals surface area contributed by atoms with E-state index in [2.05, 4.69) is 25.3 Å². The highest BCUT2D eigenvalue weighted by molar-refractivity contribution is 5.93. The Morgan fingerprint density at radius 3 is 2.24 bits per heavy atom. The summed E-state index contributed by atoms with van der Waals surface area (Å²) in [5.74, 6) is -1.90. The van der Waals surface area contributed by atoms with Crippen molar-refractivity contribution in [1.82, 2.24) is 29.4 Å². The highest BCUT2D eigenvalue weighted by Gasteiger charge is 2.42. The number of piperidine rings is 1. The number of nitrogens with one attached hydrogen (secondary N) is 1. The summed E-state index contributed by atoms with van der Waals surface area (Å²) in [6.07, 6.45) is -7.26. The van der Waals surface area contributed by atoms with Gasteiger partial charge in [0, 0.05) is 38.1 Å². The Kier molecular flexibility index (Phi) is 7.05. The monoisotopic (exact) mass is 543 g/mol. The van der Waals surface area contributed by atoms with Crippen LogP contribution in [0.2, 0.25) is 0 Å². The maximum atomic E-state index is 13.8. The molecule has 4 heterocycles. The molecule has 3 aromatic rings. The average Bonchev–Trinajstić information content (AvgIpc) is 2.86. The lowest BCUT2D eigenvalue weighted by molar-refractivity contribution is -0.183. The minimum absolute atomic E-state index is 0.0296. The molecule has 15 heteroatoms. The number of halogens is 6. The second kappa shape index (κ2) is 9.83. The number of alkyl halides is 6. The minimum Gasteiger partial charge on any atom is -0.348 e. The molecular weight excluding hydrogens is 520 g/mol. The van der Waals surface area contributed by atoms with Crippen LogP contribution in [0.1, 0.15) is 53.2 Å². The smallest absolute Gasteiger partial charge is 0.348 e. The van der Waals surface area contributed by atoms with E-state index in [1.165, 1.54) is 30.4 Å². The number of rotatable bonds is 4. The van der Waals surface area contributed by atoms with Crippen molar-refractivity contribution >= 4 is 22.9 Å². The molecular formula is C23H23F6N7O2. The normalized spacial score (nSPS) is 16.1. The number of hydrogen-bond acceptors (Lipinski definition) is 7. The van der Waals surface area contributed by atoms with Crippen LogP contribution >= 0.6 is 0 Å². The maximum Gasteiger partial charge on any atom is 0.433 e. The summed E-state index contributed by atoms with van der Waals surface area (Å²) in [5, 5.41) is 2.62.